The fourth-order valence-corrected chi connectivity index (χ4v) is 2.82. The molecule has 140 valence electrons. The Morgan fingerprint density at radius 2 is 1.85 bits per heavy atom. The lowest BCUT2D eigenvalue weighted by atomic mass is 10.1. The molecule has 2 aromatic rings. The lowest BCUT2D eigenvalue weighted by Gasteiger charge is -2.15. The number of hydrogen-bond donors (Lipinski definition) is 1. The Balaban J connectivity index is 1.62. The molecule has 0 aromatic heterocycles. The minimum absolute atomic E-state index is 0.0795. The Labute approximate surface area is 154 Å². The number of alkyl halides is 3. The minimum atomic E-state index is -4.43. The van der Waals surface area contributed by atoms with Gasteiger partial charge in [0, 0.05) is 30.4 Å². The van der Waals surface area contributed by atoms with Crippen LogP contribution in [-0.4, -0.2) is 18.4 Å². The van der Waals surface area contributed by atoms with Gasteiger partial charge in [-0.3, -0.25) is 9.59 Å². The summed E-state index contributed by atoms with van der Waals surface area (Å²) in [7, 11) is 0. The largest absolute Gasteiger partial charge is 0.416 e. The Morgan fingerprint density at radius 1 is 1.11 bits per heavy atom. The highest BCUT2D eigenvalue weighted by Gasteiger charge is 2.30. The molecule has 1 heterocycles. The van der Waals surface area contributed by atoms with Crippen molar-refractivity contribution in [1.82, 2.24) is 0 Å². The quantitative estimate of drug-likeness (QED) is 0.802. The molecule has 0 spiro atoms. The van der Waals surface area contributed by atoms with Gasteiger partial charge in [0.05, 0.1) is 5.56 Å². The van der Waals surface area contributed by atoms with Crippen molar-refractivity contribution < 1.29 is 22.8 Å². The molecular weight excluding hydrogens is 357 g/mol. The van der Waals surface area contributed by atoms with Crippen LogP contribution in [0.15, 0.2) is 54.6 Å². The maximum absolute atomic E-state index is 12.7. The molecule has 0 atom stereocenters. The number of halogens is 3. The van der Waals surface area contributed by atoms with Crippen LogP contribution in [-0.2, 0) is 15.8 Å². The summed E-state index contributed by atoms with van der Waals surface area (Å²) in [5.74, 6) is -0.381. The van der Waals surface area contributed by atoms with Crippen molar-refractivity contribution in [3.8, 4) is 0 Å². The molecule has 7 heteroatoms. The van der Waals surface area contributed by atoms with Crippen LogP contribution < -0.4 is 10.2 Å². The number of benzene rings is 2. The first kappa shape index (κ1) is 18.7. The molecule has 1 fully saturated rings. The third-order valence-corrected chi connectivity index (χ3v) is 4.16. The molecule has 0 radical (unpaired) electrons. The first-order valence-electron chi connectivity index (χ1n) is 8.40. The maximum Gasteiger partial charge on any atom is 0.416 e. The molecule has 2 aromatic carbocycles. The SMILES string of the molecule is O=C(/C=C/c1cccc(C(F)(F)F)c1)Nc1ccc(N2CCCC2=O)cc1. The molecule has 0 bridgehead atoms. The number of nitrogens with one attached hydrogen (secondary N) is 1. The smallest absolute Gasteiger partial charge is 0.323 e. The van der Waals surface area contributed by atoms with Crippen molar-refractivity contribution >= 4 is 29.3 Å². The molecule has 3 rings (SSSR count). The highest BCUT2D eigenvalue weighted by molar-refractivity contribution is 6.02. The molecule has 1 aliphatic heterocycles. The average Bonchev–Trinajstić information content (AvgIpc) is 3.06. The molecule has 2 amide bonds. The predicted molar refractivity (Wildman–Crippen MR) is 97.1 cm³/mol. The van der Waals surface area contributed by atoms with E-state index in [2.05, 4.69) is 5.32 Å². The fraction of sp³-hybridized carbons (Fsp3) is 0.200. The van der Waals surface area contributed by atoms with Gasteiger partial charge in [-0.1, -0.05) is 12.1 Å². The number of amides is 2. The summed E-state index contributed by atoms with van der Waals surface area (Å²) in [5.41, 5.74) is 0.819. The summed E-state index contributed by atoms with van der Waals surface area (Å²) in [6.07, 6.45) is -0.559. The summed E-state index contributed by atoms with van der Waals surface area (Å²) in [6, 6.07) is 11.6. The van der Waals surface area contributed by atoms with E-state index in [1.807, 2.05) is 0 Å². The first-order chi connectivity index (χ1) is 12.8. The fourth-order valence-electron chi connectivity index (χ4n) is 2.82. The van der Waals surface area contributed by atoms with Gasteiger partial charge in [-0.25, -0.2) is 0 Å². The number of anilines is 2. The molecule has 0 aliphatic carbocycles. The minimum Gasteiger partial charge on any atom is -0.323 e. The van der Waals surface area contributed by atoms with Crippen LogP contribution in [0.4, 0.5) is 24.5 Å². The van der Waals surface area contributed by atoms with Crippen LogP contribution >= 0.6 is 0 Å². The van der Waals surface area contributed by atoms with Gasteiger partial charge in [0.15, 0.2) is 0 Å². The first-order valence-corrected chi connectivity index (χ1v) is 8.40. The number of carbonyl (C=O) groups excluding carboxylic acids is 2. The predicted octanol–water partition coefficient (Wildman–Crippen LogP) is 4.48. The Morgan fingerprint density at radius 3 is 2.48 bits per heavy atom. The van der Waals surface area contributed by atoms with E-state index in [4.69, 9.17) is 0 Å². The summed E-state index contributed by atoms with van der Waals surface area (Å²) < 4.78 is 38.1. The zero-order valence-electron chi connectivity index (χ0n) is 14.3. The van der Waals surface area contributed by atoms with Crippen LogP contribution in [0.25, 0.3) is 6.08 Å². The highest BCUT2D eigenvalue weighted by atomic mass is 19.4. The summed E-state index contributed by atoms with van der Waals surface area (Å²) in [4.78, 5) is 25.4. The number of nitrogens with zero attached hydrogens (tertiary/aromatic N) is 1. The second kappa shape index (κ2) is 7.65. The van der Waals surface area contributed by atoms with Gasteiger partial charge in [0.1, 0.15) is 0 Å². The van der Waals surface area contributed by atoms with Crippen molar-refractivity contribution in [2.45, 2.75) is 19.0 Å². The third kappa shape index (κ3) is 4.75. The van der Waals surface area contributed by atoms with Crippen molar-refractivity contribution in [3.05, 3.63) is 65.7 Å². The summed E-state index contributed by atoms with van der Waals surface area (Å²) in [6.45, 7) is 0.685. The molecule has 1 N–H and O–H groups in total. The maximum atomic E-state index is 12.7. The monoisotopic (exact) mass is 374 g/mol. The summed E-state index contributed by atoms with van der Waals surface area (Å²) in [5, 5.41) is 2.63. The standard InChI is InChI=1S/C20H17F3N2O2/c21-20(22,23)15-4-1-3-14(13-15)6-11-18(26)24-16-7-9-17(10-8-16)25-12-2-5-19(25)27/h1,3-4,6-11,13H,2,5,12H2,(H,24,26)/b11-6+. The molecule has 1 saturated heterocycles. The molecule has 0 unspecified atom stereocenters. The van der Waals surface area contributed by atoms with Crippen molar-refractivity contribution in [2.24, 2.45) is 0 Å². The second-order valence-electron chi connectivity index (χ2n) is 6.14. The lowest BCUT2D eigenvalue weighted by molar-refractivity contribution is -0.137. The van der Waals surface area contributed by atoms with E-state index in [9.17, 15) is 22.8 Å². The zero-order chi connectivity index (χ0) is 19.4. The van der Waals surface area contributed by atoms with E-state index in [-0.39, 0.29) is 11.5 Å². The van der Waals surface area contributed by atoms with Gasteiger partial charge in [-0.2, -0.15) is 13.2 Å². The lowest BCUT2D eigenvalue weighted by Crippen LogP contribution is -2.23. The van der Waals surface area contributed by atoms with Gasteiger partial charge < -0.3 is 10.2 Å². The van der Waals surface area contributed by atoms with E-state index in [1.165, 1.54) is 24.3 Å². The van der Waals surface area contributed by atoms with Crippen LogP contribution in [0.1, 0.15) is 24.0 Å². The van der Waals surface area contributed by atoms with E-state index in [0.717, 1.165) is 24.2 Å². The van der Waals surface area contributed by atoms with E-state index < -0.39 is 17.6 Å². The topological polar surface area (TPSA) is 49.4 Å². The number of rotatable bonds is 4. The van der Waals surface area contributed by atoms with Gasteiger partial charge in [0.2, 0.25) is 11.8 Å². The second-order valence-corrected chi connectivity index (χ2v) is 6.14. The van der Waals surface area contributed by atoms with Crippen LogP contribution in [0.5, 0.6) is 0 Å². The molecule has 1 aliphatic rings. The van der Waals surface area contributed by atoms with Gasteiger partial charge in [0.25, 0.3) is 0 Å². The zero-order valence-corrected chi connectivity index (χ0v) is 14.3. The number of carbonyl (C=O) groups is 2. The van der Waals surface area contributed by atoms with Crippen LogP contribution in [0.3, 0.4) is 0 Å². The summed E-state index contributed by atoms with van der Waals surface area (Å²) >= 11 is 0. The molecule has 0 saturated carbocycles. The van der Waals surface area contributed by atoms with Crippen LogP contribution in [0, 0.1) is 0 Å². The number of hydrogen-bond acceptors (Lipinski definition) is 2. The average molecular weight is 374 g/mol. The van der Waals surface area contributed by atoms with Gasteiger partial charge >= 0.3 is 6.18 Å². The Hall–Kier alpha value is -3.09. The Bertz CT molecular complexity index is 874. The molecule has 27 heavy (non-hydrogen) atoms. The Kier molecular flexibility index (Phi) is 5.30. The third-order valence-electron chi connectivity index (χ3n) is 4.16. The normalized spacial score (nSPS) is 14.8. The van der Waals surface area contributed by atoms with Crippen LogP contribution in [0.2, 0.25) is 0 Å². The van der Waals surface area contributed by atoms with E-state index in [1.54, 1.807) is 29.2 Å². The van der Waals surface area contributed by atoms with Gasteiger partial charge in [-0.05, 0) is 54.5 Å². The van der Waals surface area contributed by atoms with Crippen molar-refractivity contribution in [1.29, 1.82) is 0 Å². The van der Waals surface area contributed by atoms with Gasteiger partial charge in [-0.15, -0.1) is 0 Å². The molecule has 4 nitrogen and oxygen atoms in total. The van der Waals surface area contributed by atoms with Crippen molar-refractivity contribution in [2.75, 3.05) is 16.8 Å². The van der Waals surface area contributed by atoms with Crippen molar-refractivity contribution in [3.63, 3.8) is 0 Å². The van der Waals surface area contributed by atoms with E-state index in [0.29, 0.717) is 18.7 Å². The highest BCUT2D eigenvalue weighted by Crippen LogP contribution is 2.29. The van der Waals surface area contributed by atoms with E-state index >= 15 is 0 Å². The molecular formula is C20H17F3N2O2.